The van der Waals surface area contributed by atoms with Crippen molar-refractivity contribution in [2.24, 2.45) is 0 Å². The van der Waals surface area contributed by atoms with Crippen molar-refractivity contribution >= 4 is 27.9 Å². The van der Waals surface area contributed by atoms with Gasteiger partial charge in [-0.1, -0.05) is 13.8 Å². The Hall–Kier alpha value is -0.310. The summed E-state index contributed by atoms with van der Waals surface area (Å²) in [5.41, 5.74) is 0. The predicted octanol–water partition coefficient (Wildman–Crippen LogP) is 0.815. The van der Waals surface area contributed by atoms with Gasteiger partial charge in [0.25, 0.3) is 10.2 Å². The fraction of sp³-hybridized carbons (Fsp3) is 0.917. The Morgan fingerprint density at radius 2 is 1.90 bits per heavy atom. The molecule has 1 saturated heterocycles. The summed E-state index contributed by atoms with van der Waals surface area (Å²) in [7, 11) is -1.84. The van der Waals surface area contributed by atoms with Crippen LogP contribution in [0.15, 0.2) is 0 Å². The smallest absolute Gasteiger partial charge is 0.283 e. The third kappa shape index (κ3) is 3.47. The van der Waals surface area contributed by atoms with Crippen LogP contribution < -0.4 is 0 Å². The van der Waals surface area contributed by atoms with E-state index in [0.29, 0.717) is 24.7 Å². The third-order valence-electron chi connectivity index (χ3n) is 3.58. The van der Waals surface area contributed by atoms with Crippen LogP contribution in [0.25, 0.3) is 0 Å². The van der Waals surface area contributed by atoms with Gasteiger partial charge in [-0.3, -0.25) is 4.79 Å². The summed E-state index contributed by atoms with van der Waals surface area (Å²) in [4.78, 5) is 14.0. The molecule has 0 N–H and O–H groups in total. The first-order valence-corrected chi connectivity index (χ1v) is 9.43. The summed E-state index contributed by atoms with van der Waals surface area (Å²) >= 11 is 1.49. The van der Waals surface area contributed by atoms with E-state index < -0.39 is 16.3 Å². The number of likely N-dealkylation sites (N-methyl/N-ethyl adjacent to an activating group) is 1. The molecule has 0 unspecified atom stereocenters. The first-order valence-electron chi connectivity index (χ1n) is 6.88. The lowest BCUT2D eigenvalue weighted by molar-refractivity contribution is -0.134. The van der Waals surface area contributed by atoms with Crippen molar-refractivity contribution in [1.29, 1.82) is 0 Å². The molecule has 1 aliphatic rings. The standard InChI is InChI=1S/C12H25N3O3S2/c1-6-14(7-2)20(17,18)15-9-19-8-11(15)12(16)13(5)10(3)4/h10-11H,6-9H2,1-5H3/t11-/m1/s1. The molecule has 1 aliphatic heterocycles. The highest BCUT2D eigenvalue weighted by atomic mass is 32.2. The third-order valence-corrected chi connectivity index (χ3v) is 6.90. The van der Waals surface area contributed by atoms with E-state index in [9.17, 15) is 13.2 Å². The Bertz CT molecular complexity index is 435. The molecule has 1 rings (SSSR count). The van der Waals surface area contributed by atoms with Gasteiger partial charge in [-0.2, -0.15) is 17.0 Å². The van der Waals surface area contributed by atoms with Gasteiger partial charge in [-0.05, 0) is 13.8 Å². The van der Waals surface area contributed by atoms with E-state index in [2.05, 4.69) is 0 Å². The average Bonchev–Trinajstić information content (AvgIpc) is 2.87. The molecule has 1 heterocycles. The first kappa shape index (κ1) is 17.7. The number of hydrogen-bond acceptors (Lipinski definition) is 4. The summed E-state index contributed by atoms with van der Waals surface area (Å²) in [6, 6.07) is -0.524. The van der Waals surface area contributed by atoms with Crippen molar-refractivity contribution in [3.05, 3.63) is 0 Å². The molecule has 0 bridgehead atoms. The molecule has 6 nitrogen and oxygen atoms in total. The second-order valence-corrected chi connectivity index (χ2v) is 7.92. The number of thioether (sulfide) groups is 1. The van der Waals surface area contributed by atoms with Crippen LogP contribution in [0.1, 0.15) is 27.7 Å². The number of carbonyl (C=O) groups excluding carboxylic acids is 1. The number of nitrogens with zero attached hydrogens (tertiary/aromatic N) is 3. The molecule has 1 fully saturated rings. The molecule has 0 aliphatic carbocycles. The zero-order valence-electron chi connectivity index (χ0n) is 12.9. The highest BCUT2D eigenvalue weighted by Gasteiger charge is 2.42. The van der Waals surface area contributed by atoms with E-state index in [0.717, 1.165) is 0 Å². The second-order valence-electron chi connectivity index (χ2n) is 5.04. The van der Waals surface area contributed by atoms with Crippen molar-refractivity contribution in [2.45, 2.75) is 39.8 Å². The topological polar surface area (TPSA) is 60.9 Å². The van der Waals surface area contributed by atoms with E-state index in [4.69, 9.17) is 0 Å². The van der Waals surface area contributed by atoms with Crippen molar-refractivity contribution in [2.75, 3.05) is 31.8 Å². The summed E-state index contributed by atoms with van der Waals surface area (Å²) in [5, 5.41) is 0. The van der Waals surface area contributed by atoms with Crippen LogP contribution in [-0.4, -0.2) is 71.7 Å². The second kappa shape index (κ2) is 7.11. The van der Waals surface area contributed by atoms with Crippen LogP contribution in [0, 0.1) is 0 Å². The van der Waals surface area contributed by atoms with Crippen LogP contribution in [0.5, 0.6) is 0 Å². The summed E-state index contributed by atoms with van der Waals surface area (Å²) < 4.78 is 27.9. The predicted molar refractivity (Wildman–Crippen MR) is 82.7 cm³/mol. The van der Waals surface area contributed by atoms with E-state index in [1.165, 1.54) is 20.4 Å². The minimum atomic E-state index is -3.56. The number of amides is 1. The van der Waals surface area contributed by atoms with Gasteiger partial charge in [0.1, 0.15) is 6.04 Å². The average molecular weight is 323 g/mol. The molecule has 1 amide bonds. The number of carbonyl (C=O) groups is 1. The maximum absolute atomic E-state index is 12.6. The molecule has 0 radical (unpaired) electrons. The van der Waals surface area contributed by atoms with E-state index in [1.807, 2.05) is 13.8 Å². The van der Waals surface area contributed by atoms with Crippen molar-refractivity contribution in [3.8, 4) is 0 Å². The Morgan fingerprint density at radius 1 is 1.35 bits per heavy atom. The van der Waals surface area contributed by atoms with Crippen LogP contribution in [-0.2, 0) is 15.0 Å². The Balaban J connectivity index is 2.98. The van der Waals surface area contributed by atoms with Crippen LogP contribution >= 0.6 is 11.8 Å². The Kier molecular flexibility index (Phi) is 6.30. The lowest BCUT2D eigenvalue weighted by Gasteiger charge is -2.31. The quantitative estimate of drug-likeness (QED) is 0.726. The fourth-order valence-corrected chi connectivity index (χ4v) is 5.33. The van der Waals surface area contributed by atoms with Crippen molar-refractivity contribution < 1.29 is 13.2 Å². The number of hydrogen-bond donors (Lipinski definition) is 0. The first-order chi connectivity index (χ1) is 9.27. The van der Waals surface area contributed by atoms with Crippen LogP contribution in [0.2, 0.25) is 0 Å². The molecule has 0 aromatic rings. The lowest BCUT2D eigenvalue weighted by Crippen LogP contribution is -2.53. The zero-order valence-corrected chi connectivity index (χ0v) is 14.5. The maximum Gasteiger partial charge on any atom is 0.283 e. The van der Waals surface area contributed by atoms with Gasteiger partial charge in [0.15, 0.2) is 0 Å². The van der Waals surface area contributed by atoms with Gasteiger partial charge in [-0.25, -0.2) is 0 Å². The van der Waals surface area contributed by atoms with E-state index in [-0.39, 0.29) is 11.9 Å². The molecule has 8 heteroatoms. The van der Waals surface area contributed by atoms with E-state index >= 15 is 0 Å². The van der Waals surface area contributed by atoms with Gasteiger partial charge in [0.2, 0.25) is 5.91 Å². The van der Waals surface area contributed by atoms with E-state index in [1.54, 1.807) is 25.8 Å². The number of rotatable bonds is 6. The molecule has 0 aromatic carbocycles. The minimum absolute atomic E-state index is 0.0612. The molecule has 0 spiro atoms. The van der Waals surface area contributed by atoms with Gasteiger partial charge in [0, 0.05) is 31.9 Å². The minimum Gasteiger partial charge on any atom is -0.342 e. The summed E-state index contributed by atoms with van der Waals surface area (Å²) in [6.07, 6.45) is 0. The van der Waals surface area contributed by atoms with Gasteiger partial charge in [-0.15, -0.1) is 11.8 Å². The molecule has 0 saturated carbocycles. The maximum atomic E-state index is 12.6. The monoisotopic (exact) mass is 323 g/mol. The molecular weight excluding hydrogens is 298 g/mol. The van der Waals surface area contributed by atoms with Crippen molar-refractivity contribution in [1.82, 2.24) is 13.5 Å². The Morgan fingerprint density at radius 3 is 2.35 bits per heavy atom. The normalized spacial score (nSPS) is 20.9. The largest absolute Gasteiger partial charge is 0.342 e. The molecular formula is C12H25N3O3S2. The van der Waals surface area contributed by atoms with Gasteiger partial charge >= 0.3 is 0 Å². The van der Waals surface area contributed by atoms with Gasteiger partial charge < -0.3 is 4.90 Å². The summed E-state index contributed by atoms with van der Waals surface area (Å²) in [5.74, 6) is 0.748. The highest BCUT2D eigenvalue weighted by molar-refractivity contribution is 8.00. The highest BCUT2D eigenvalue weighted by Crippen LogP contribution is 2.27. The van der Waals surface area contributed by atoms with Gasteiger partial charge in [0.05, 0.1) is 5.88 Å². The SMILES string of the molecule is CCN(CC)S(=O)(=O)N1CSC[C@@H]1C(=O)N(C)C(C)C. The lowest BCUT2D eigenvalue weighted by atomic mass is 10.2. The molecule has 1 atom stereocenters. The fourth-order valence-electron chi connectivity index (χ4n) is 2.04. The van der Waals surface area contributed by atoms with Crippen molar-refractivity contribution in [3.63, 3.8) is 0 Å². The molecule has 20 heavy (non-hydrogen) atoms. The van der Waals surface area contributed by atoms with Crippen LogP contribution in [0.3, 0.4) is 0 Å². The summed E-state index contributed by atoms with van der Waals surface area (Å²) in [6.45, 7) is 8.29. The molecule has 118 valence electrons. The molecule has 0 aromatic heterocycles. The zero-order chi connectivity index (χ0) is 15.5. The van der Waals surface area contributed by atoms with Crippen LogP contribution in [0.4, 0.5) is 0 Å². The Labute approximate surface area is 126 Å².